The number of Topliss-reactive ketones (excluding diaryl/α,β-unsaturated/α-hetero) is 1. The average Bonchev–Trinajstić information content (AvgIpc) is 2.59. The Morgan fingerprint density at radius 2 is 1.79 bits per heavy atom. The van der Waals surface area contributed by atoms with Crippen molar-refractivity contribution in [2.75, 3.05) is 12.4 Å². The van der Waals surface area contributed by atoms with Crippen LogP contribution in [-0.2, 0) is 4.79 Å². The second kappa shape index (κ2) is 8.15. The largest absolute Gasteiger partial charge is 0.497 e. The van der Waals surface area contributed by atoms with Gasteiger partial charge in [0, 0.05) is 17.3 Å². The maximum Gasteiger partial charge on any atom is 0.265 e. The summed E-state index contributed by atoms with van der Waals surface area (Å²) >= 11 is 0. The number of rotatable bonds is 7. The molecule has 1 amide bonds. The van der Waals surface area contributed by atoms with Crippen LogP contribution in [0.3, 0.4) is 0 Å². The second-order valence-electron chi connectivity index (χ2n) is 5.32. The molecule has 0 aliphatic carbocycles. The summed E-state index contributed by atoms with van der Waals surface area (Å²) in [5, 5.41) is 2.79. The Balaban J connectivity index is 2.08. The number of carbonyl (C=O) groups excluding carboxylic acids is 2. The summed E-state index contributed by atoms with van der Waals surface area (Å²) in [6.45, 7) is 3.36. The standard InChI is InChI=1S/C19H21NO4/c1-4-18(24-17-10-6-9-16(12-17)23-3)19(22)20-15-8-5-7-14(11-15)13(2)21/h5-12,18H,4H2,1-3H3,(H,20,22). The van der Waals surface area contributed by atoms with Gasteiger partial charge in [0.1, 0.15) is 11.5 Å². The summed E-state index contributed by atoms with van der Waals surface area (Å²) in [4.78, 5) is 23.9. The van der Waals surface area contributed by atoms with Crippen molar-refractivity contribution in [1.82, 2.24) is 0 Å². The highest BCUT2D eigenvalue weighted by molar-refractivity contribution is 5.98. The summed E-state index contributed by atoms with van der Waals surface area (Å²) in [5.41, 5.74) is 1.12. The average molecular weight is 327 g/mol. The van der Waals surface area contributed by atoms with Gasteiger partial charge < -0.3 is 14.8 Å². The lowest BCUT2D eigenvalue weighted by Gasteiger charge is -2.18. The first-order valence-corrected chi connectivity index (χ1v) is 7.76. The number of anilines is 1. The Bertz CT molecular complexity index is 727. The summed E-state index contributed by atoms with van der Waals surface area (Å²) in [6, 6.07) is 13.9. The number of benzene rings is 2. The first kappa shape index (κ1) is 17.5. The number of nitrogens with one attached hydrogen (secondary N) is 1. The van der Waals surface area contributed by atoms with Crippen LogP contribution >= 0.6 is 0 Å². The Morgan fingerprint density at radius 3 is 2.46 bits per heavy atom. The van der Waals surface area contributed by atoms with Crippen LogP contribution in [0, 0.1) is 0 Å². The van der Waals surface area contributed by atoms with Crippen LogP contribution in [0.25, 0.3) is 0 Å². The van der Waals surface area contributed by atoms with Crippen LogP contribution in [0.1, 0.15) is 30.6 Å². The molecule has 0 bridgehead atoms. The molecule has 5 nitrogen and oxygen atoms in total. The first-order valence-electron chi connectivity index (χ1n) is 7.76. The van der Waals surface area contributed by atoms with E-state index in [1.807, 2.05) is 6.92 Å². The fourth-order valence-corrected chi connectivity index (χ4v) is 2.20. The number of hydrogen-bond acceptors (Lipinski definition) is 4. The number of hydrogen-bond donors (Lipinski definition) is 1. The molecule has 0 spiro atoms. The highest BCUT2D eigenvalue weighted by Crippen LogP contribution is 2.21. The third-order valence-electron chi connectivity index (χ3n) is 3.52. The number of ether oxygens (including phenoxy) is 2. The lowest BCUT2D eigenvalue weighted by Crippen LogP contribution is -2.32. The van der Waals surface area contributed by atoms with Crippen molar-refractivity contribution >= 4 is 17.4 Å². The SMILES string of the molecule is CCC(Oc1cccc(OC)c1)C(=O)Nc1cccc(C(C)=O)c1. The van der Waals surface area contributed by atoms with Gasteiger partial charge in [-0.3, -0.25) is 9.59 Å². The molecule has 0 aliphatic rings. The van der Waals surface area contributed by atoms with Crippen molar-refractivity contribution in [2.24, 2.45) is 0 Å². The van der Waals surface area contributed by atoms with E-state index in [0.29, 0.717) is 29.2 Å². The normalized spacial score (nSPS) is 11.5. The molecule has 2 aromatic rings. The molecular formula is C19H21NO4. The lowest BCUT2D eigenvalue weighted by molar-refractivity contribution is -0.122. The number of ketones is 1. The van der Waals surface area contributed by atoms with Gasteiger partial charge in [0.25, 0.3) is 5.91 Å². The summed E-state index contributed by atoms with van der Waals surface area (Å²) < 4.78 is 10.9. The van der Waals surface area contributed by atoms with Crippen LogP contribution in [0.15, 0.2) is 48.5 Å². The van der Waals surface area contributed by atoms with Gasteiger partial charge in [-0.1, -0.05) is 25.1 Å². The highest BCUT2D eigenvalue weighted by atomic mass is 16.5. The molecule has 126 valence electrons. The van der Waals surface area contributed by atoms with Crippen LogP contribution in [-0.4, -0.2) is 24.9 Å². The van der Waals surface area contributed by atoms with E-state index in [2.05, 4.69) is 5.32 Å². The van der Waals surface area contributed by atoms with Gasteiger partial charge in [-0.2, -0.15) is 0 Å². The maximum absolute atomic E-state index is 12.4. The molecule has 0 saturated carbocycles. The zero-order chi connectivity index (χ0) is 17.5. The van der Waals surface area contributed by atoms with Gasteiger partial charge in [-0.05, 0) is 37.6 Å². The van der Waals surface area contributed by atoms with E-state index in [-0.39, 0.29) is 11.7 Å². The number of amides is 1. The third-order valence-corrected chi connectivity index (χ3v) is 3.52. The minimum Gasteiger partial charge on any atom is -0.497 e. The lowest BCUT2D eigenvalue weighted by atomic mass is 10.1. The van der Waals surface area contributed by atoms with E-state index < -0.39 is 6.10 Å². The molecule has 0 saturated heterocycles. The second-order valence-corrected chi connectivity index (χ2v) is 5.32. The summed E-state index contributed by atoms with van der Waals surface area (Å²) in [5.74, 6) is 0.914. The number of carbonyl (C=O) groups is 2. The van der Waals surface area contributed by atoms with Crippen LogP contribution < -0.4 is 14.8 Å². The molecular weight excluding hydrogens is 306 g/mol. The van der Waals surface area contributed by atoms with Gasteiger partial charge in [-0.25, -0.2) is 0 Å². The van der Waals surface area contributed by atoms with E-state index in [9.17, 15) is 9.59 Å². The van der Waals surface area contributed by atoms with Crippen molar-refractivity contribution in [2.45, 2.75) is 26.4 Å². The van der Waals surface area contributed by atoms with Crippen molar-refractivity contribution in [3.8, 4) is 11.5 Å². The molecule has 1 atom stereocenters. The third kappa shape index (κ3) is 4.59. The highest BCUT2D eigenvalue weighted by Gasteiger charge is 2.19. The topological polar surface area (TPSA) is 64.6 Å². The van der Waals surface area contributed by atoms with Gasteiger partial charge in [-0.15, -0.1) is 0 Å². The van der Waals surface area contributed by atoms with Crippen molar-refractivity contribution in [1.29, 1.82) is 0 Å². The summed E-state index contributed by atoms with van der Waals surface area (Å²) in [6.07, 6.45) is -0.131. The molecule has 2 rings (SSSR count). The molecule has 0 aliphatic heterocycles. The molecule has 0 radical (unpaired) electrons. The fourth-order valence-electron chi connectivity index (χ4n) is 2.20. The van der Waals surface area contributed by atoms with E-state index in [4.69, 9.17) is 9.47 Å². The maximum atomic E-state index is 12.4. The van der Waals surface area contributed by atoms with Gasteiger partial charge in [0.2, 0.25) is 0 Å². The van der Waals surface area contributed by atoms with Crippen molar-refractivity contribution < 1.29 is 19.1 Å². The zero-order valence-corrected chi connectivity index (χ0v) is 14.0. The minimum absolute atomic E-state index is 0.0502. The van der Waals surface area contributed by atoms with Gasteiger partial charge >= 0.3 is 0 Å². The molecule has 0 aromatic heterocycles. The Kier molecular flexibility index (Phi) is 5.95. The predicted molar refractivity (Wildman–Crippen MR) is 92.8 cm³/mol. The molecule has 2 aromatic carbocycles. The number of methoxy groups -OCH3 is 1. The molecule has 1 unspecified atom stereocenters. The van der Waals surface area contributed by atoms with E-state index in [1.165, 1.54) is 6.92 Å². The quantitative estimate of drug-likeness (QED) is 0.788. The Morgan fingerprint density at radius 1 is 1.08 bits per heavy atom. The fraction of sp³-hybridized carbons (Fsp3) is 0.263. The van der Waals surface area contributed by atoms with Gasteiger partial charge in [0.15, 0.2) is 11.9 Å². The monoisotopic (exact) mass is 327 g/mol. The molecule has 1 N–H and O–H groups in total. The smallest absolute Gasteiger partial charge is 0.265 e. The van der Waals surface area contributed by atoms with Crippen molar-refractivity contribution in [3.63, 3.8) is 0 Å². The van der Waals surface area contributed by atoms with Crippen LogP contribution in [0.4, 0.5) is 5.69 Å². The minimum atomic E-state index is -0.641. The van der Waals surface area contributed by atoms with Crippen LogP contribution in [0.2, 0.25) is 0 Å². The van der Waals surface area contributed by atoms with E-state index in [1.54, 1.807) is 55.6 Å². The predicted octanol–water partition coefficient (Wildman–Crippen LogP) is 3.69. The first-order chi connectivity index (χ1) is 11.5. The summed E-state index contributed by atoms with van der Waals surface area (Å²) in [7, 11) is 1.57. The zero-order valence-electron chi connectivity index (χ0n) is 14.0. The molecule has 0 heterocycles. The molecule has 24 heavy (non-hydrogen) atoms. The van der Waals surface area contributed by atoms with Crippen molar-refractivity contribution in [3.05, 3.63) is 54.1 Å². The Hall–Kier alpha value is -2.82. The van der Waals surface area contributed by atoms with E-state index in [0.717, 1.165) is 0 Å². The molecule has 5 heteroatoms. The van der Waals surface area contributed by atoms with E-state index >= 15 is 0 Å². The Labute approximate surface area is 141 Å². The van der Waals surface area contributed by atoms with Crippen LogP contribution in [0.5, 0.6) is 11.5 Å². The molecule has 0 fully saturated rings. The van der Waals surface area contributed by atoms with Gasteiger partial charge in [0.05, 0.1) is 7.11 Å².